The summed E-state index contributed by atoms with van der Waals surface area (Å²) in [5, 5.41) is 9.06. The van der Waals surface area contributed by atoms with E-state index in [0.717, 1.165) is 5.69 Å². The molecule has 2 rings (SSSR count). The summed E-state index contributed by atoms with van der Waals surface area (Å²) >= 11 is 0. The van der Waals surface area contributed by atoms with Crippen molar-refractivity contribution < 1.29 is 24.2 Å². The van der Waals surface area contributed by atoms with E-state index >= 15 is 0 Å². The highest BCUT2D eigenvalue weighted by Crippen LogP contribution is 2.21. The Kier molecular flexibility index (Phi) is 4.42. The molecule has 2 atom stereocenters. The lowest BCUT2D eigenvalue weighted by Gasteiger charge is -2.35. The number of carbonyl (C=O) groups is 2. The number of rotatable bonds is 3. The summed E-state index contributed by atoms with van der Waals surface area (Å²) in [5.74, 6) is -1.14. The van der Waals surface area contributed by atoms with Gasteiger partial charge in [0.05, 0.1) is 19.8 Å². The van der Waals surface area contributed by atoms with Crippen molar-refractivity contribution in [3.8, 4) is 5.88 Å². The highest BCUT2D eigenvalue weighted by atomic mass is 16.5. The Morgan fingerprint density at radius 2 is 2.14 bits per heavy atom. The maximum atomic E-state index is 12.6. The van der Waals surface area contributed by atoms with Gasteiger partial charge in [0.25, 0.3) is 5.91 Å². The molecule has 0 aliphatic carbocycles. The minimum absolute atomic E-state index is 0.00946. The smallest absolute Gasteiger partial charge is 0.334 e. The number of aliphatic carboxylic acids is 1. The summed E-state index contributed by atoms with van der Waals surface area (Å²) in [6.07, 6.45) is -1.35. The first kappa shape index (κ1) is 15.2. The molecule has 0 saturated carbocycles. The zero-order chi connectivity index (χ0) is 15.6. The zero-order valence-corrected chi connectivity index (χ0v) is 12.2. The van der Waals surface area contributed by atoms with Crippen LogP contribution < -0.4 is 4.74 Å². The van der Waals surface area contributed by atoms with Gasteiger partial charge in [-0.25, -0.2) is 9.78 Å². The van der Waals surface area contributed by atoms with E-state index in [1.807, 2.05) is 0 Å². The van der Waals surface area contributed by atoms with Crippen LogP contribution in [0.25, 0.3) is 0 Å². The van der Waals surface area contributed by atoms with Gasteiger partial charge >= 0.3 is 5.97 Å². The molecule has 0 aromatic carbocycles. The van der Waals surface area contributed by atoms with Crippen LogP contribution in [-0.2, 0) is 9.53 Å². The normalized spacial score (nSPS) is 22.0. The molecule has 114 valence electrons. The Morgan fingerprint density at radius 1 is 1.43 bits per heavy atom. The third-order valence-electron chi connectivity index (χ3n) is 3.25. The van der Waals surface area contributed by atoms with Crippen LogP contribution in [0, 0.1) is 6.92 Å². The highest BCUT2D eigenvalue weighted by molar-refractivity contribution is 5.96. The molecule has 1 amide bonds. The number of hydrogen-bond donors (Lipinski definition) is 1. The van der Waals surface area contributed by atoms with Gasteiger partial charge < -0.3 is 19.5 Å². The van der Waals surface area contributed by atoms with Crippen molar-refractivity contribution in [1.82, 2.24) is 9.88 Å². The molecule has 0 radical (unpaired) electrons. The van der Waals surface area contributed by atoms with Gasteiger partial charge in [-0.15, -0.1) is 0 Å². The van der Waals surface area contributed by atoms with E-state index in [-0.39, 0.29) is 24.4 Å². The van der Waals surface area contributed by atoms with Crippen molar-refractivity contribution in [1.29, 1.82) is 0 Å². The van der Waals surface area contributed by atoms with Gasteiger partial charge in [0, 0.05) is 12.2 Å². The SMILES string of the molecule is COc1nc(C)ccc1C(=O)N1CC(C(=O)O)O[C@H](C)C1. The number of carboxylic acid groups (broad SMARTS) is 1. The van der Waals surface area contributed by atoms with Crippen LogP contribution in [-0.4, -0.2) is 59.3 Å². The zero-order valence-electron chi connectivity index (χ0n) is 12.2. The summed E-state index contributed by atoms with van der Waals surface area (Å²) in [5.41, 5.74) is 1.06. The summed E-state index contributed by atoms with van der Waals surface area (Å²) in [4.78, 5) is 29.3. The van der Waals surface area contributed by atoms with Gasteiger partial charge in [-0.05, 0) is 26.0 Å². The maximum absolute atomic E-state index is 12.6. The lowest BCUT2D eigenvalue weighted by Crippen LogP contribution is -2.51. The number of carboxylic acids is 1. The first-order chi connectivity index (χ1) is 9.92. The number of morpholine rings is 1. The lowest BCUT2D eigenvalue weighted by molar-refractivity contribution is -0.160. The molecule has 7 nitrogen and oxygen atoms in total. The Hall–Kier alpha value is -2.15. The van der Waals surface area contributed by atoms with E-state index in [0.29, 0.717) is 12.1 Å². The van der Waals surface area contributed by atoms with Crippen LogP contribution in [0.4, 0.5) is 0 Å². The molecule has 1 N–H and O–H groups in total. The average Bonchev–Trinajstić information content (AvgIpc) is 2.45. The molecule has 1 unspecified atom stereocenters. The van der Waals surface area contributed by atoms with Crippen LogP contribution in [0.2, 0.25) is 0 Å². The lowest BCUT2D eigenvalue weighted by atomic mass is 10.1. The Labute approximate surface area is 122 Å². The Balaban J connectivity index is 2.25. The maximum Gasteiger partial charge on any atom is 0.334 e. The molecule has 7 heteroatoms. The number of nitrogens with zero attached hydrogens (tertiary/aromatic N) is 2. The van der Waals surface area contributed by atoms with Crippen molar-refractivity contribution in [2.24, 2.45) is 0 Å². The van der Waals surface area contributed by atoms with E-state index in [2.05, 4.69) is 4.98 Å². The summed E-state index contributed by atoms with van der Waals surface area (Å²) in [7, 11) is 1.44. The van der Waals surface area contributed by atoms with Crippen molar-refractivity contribution in [3.05, 3.63) is 23.4 Å². The van der Waals surface area contributed by atoms with Crippen LogP contribution >= 0.6 is 0 Å². The van der Waals surface area contributed by atoms with Crippen molar-refractivity contribution in [2.75, 3.05) is 20.2 Å². The third-order valence-corrected chi connectivity index (χ3v) is 3.25. The number of aryl methyl sites for hydroxylation is 1. The van der Waals surface area contributed by atoms with Crippen LogP contribution in [0.3, 0.4) is 0 Å². The monoisotopic (exact) mass is 294 g/mol. The van der Waals surface area contributed by atoms with E-state index < -0.39 is 12.1 Å². The fourth-order valence-electron chi connectivity index (χ4n) is 2.28. The molecule has 21 heavy (non-hydrogen) atoms. The van der Waals surface area contributed by atoms with Crippen molar-refractivity contribution in [2.45, 2.75) is 26.1 Å². The van der Waals surface area contributed by atoms with E-state index in [9.17, 15) is 9.59 Å². The molecule has 1 aliphatic rings. The second kappa shape index (κ2) is 6.09. The minimum Gasteiger partial charge on any atom is -0.480 e. The number of carbonyl (C=O) groups excluding carboxylic acids is 1. The molecule has 1 aliphatic heterocycles. The van der Waals surface area contributed by atoms with E-state index in [1.165, 1.54) is 12.0 Å². The van der Waals surface area contributed by atoms with Crippen LogP contribution in [0.5, 0.6) is 5.88 Å². The molecular weight excluding hydrogens is 276 g/mol. The molecule has 0 bridgehead atoms. The van der Waals surface area contributed by atoms with Gasteiger partial charge in [-0.1, -0.05) is 0 Å². The van der Waals surface area contributed by atoms with Crippen LogP contribution in [0.1, 0.15) is 23.0 Å². The van der Waals surface area contributed by atoms with Gasteiger partial charge in [-0.2, -0.15) is 0 Å². The topological polar surface area (TPSA) is 89.0 Å². The number of hydrogen-bond acceptors (Lipinski definition) is 5. The minimum atomic E-state index is -1.08. The molecule has 1 saturated heterocycles. The molecule has 1 fully saturated rings. The first-order valence-corrected chi connectivity index (χ1v) is 6.61. The molecule has 0 spiro atoms. The standard InChI is InChI=1S/C14H18N2O5/c1-8-4-5-10(12(15-8)20-3)13(17)16-6-9(2)21-11(7-16)14(18)19/h4-5,9,11H,6-7H2,1-3H3,(H,18,19)/t9-,11?/m1/s1. The fourth-order valence-corrected chi connectivity index (χ4v) is 2.28. The Morgan fingerprint density at radius 3 is 2.76 bits per heavy atom. The Bertz CT molecular complexity index is 560. The highest BCUT2D eigenvalue weighted by Gasteiger charge is 2.34. The van der Waals surface area contributed by atoms with Crippen LogP contribution in [0.15, 0.2) is 12.1 Å². The molecular formula is C14H18N2O5. The van der Waals surface area contributed by atoms with Crippen molar-refractivity contribution in [3.63, 3.8) is 0 Å². The average molecular weight is 294 g/mol. The van der Waals surface area contributed by atoms with Gasteiger partial charge in [0.1, 0.15) is 5.56 Å². The number of aromatic nitrogens is 1. The second-order valence-corrected chi connectivity index (χ2v) is 4.99. The van der Waals surface area contributed by atoms with Gasteiger partial charge in [0.15, 0.2) is 6.10 Å². The van der Waals surface area contributed by atoms with E-state index in [4.69, 9.17) is 14.6 Å². The molecule has 1 aromatic heterocycles. The largest absolute Gasteiger partial charge is 0.480 e. The summed E-state index contributed by atoms with van der Waals surface area (Å²) in [6, 6.07) is 3.35. The quantitative estimate of drug-likeness (QED) is 0.883. The third kappa shape index (κ3) is 3.30. The predicted octanol–water partition coefficient (Wildman–Crippen LogP) is 0.713. The number of pyridine rings is 1. The van der Waals surface area contributed by atoms with Crippen molar-refractivity contribution >= 4 is 11.9 Å². The summed E-state index contributed by atoms with van der Waals surface area (Å²) in [6.45, 7) is 3.88. The fraction of sp³-hybridized carbons (Fsp3) is 0.500. The molecule has 2 heterocycles. The number of ether oxygens (including phenoxy) is 2. The number of amides is 1. The van der Waals surface area contributed by atoms with E-state index in [1.54, 1.807) is 26.0 Å². The first-order valence-electron chi connectivity index (χ1n) is 6.61. The number of methoxy groups -OCH3 is 1. The van der Waals surface area contributed by atoms with Gasteiger partial charge in [0.2, 0.25) is 5.88 Å². The van der Waals surface area contributed by atoms with Gasteiger partial charge in [-0.3, -0.25) is 4.79 Å². The predicted molar refractivity (Wildman–Crippen MR) is 73.4 cm³/mol. The molecule has 1 aromatic rings. The summed E-state index contributed by atoms with van der Waals surface area (Å²) < 4.78 is 10.4. The second-order valence-electron chi connectivity index (χ2n) is 4.99.